The molecule has 1 aliphatic rings. The first-order valence-corrected chi connectivity index (χ1v) is 20.7. The predicted octanol–water partition coefficient (Wildman–Crippen LogP) is 8.91. The molecule has 6 heteroatoms. The second kappa shape index (κ2) is 15.7. The fourth-order valence-corrected chi connectivity index (χ4v) is 13.2. The third kappa shape index (κ3) is 6.86. The lowest BCUT2D eigenvalue weighted by Crippen LogP contribution is -2.74. The van der Waals surface area contributed by atoms with Gasteiger partial charge in [0, 0.05) is 16.3 Å². The number of anilines is 2. The molecule has 0 radical (unpaired) electrons. The Labute approximate surface area is 311 Å². The summed E-state index contributed by atoms with van der Waals surface area (Å²) in [5, 5.41) is 23.7. The number of carbonyl (C=O) groups is 1. The van der Waals surface area contributed by atoms with Crippen molar-refractivity contribution in [1.29, 1.82) is 5.26 Å². The molecule has 0 spiro atoms. The molecule has 0 fully saturated rings. The lowest BCUT2D eigenvalue weighted by atomic mass is 10.0. The van der Waals surface area contributed by atoms with E-state index < -0.39 is 14.0 Å². The lowest BCUT2D eigenvalue weighted by Gasteiger charge is -2.34. The number of carboxylic acids is 1. The van der Waals surface area contributed by atoms with Gasteiger partial charge >= 0.3 is 5.97 Å². The summed E-state index contributed by atoms with van der Waals surface area (Å²) >= 11 is 1.86. The number of carboxylic acid groups (broad SMARTS) is 1. The summed E-state index contributed by atoms with van der Waals surface area (Å²) in [4.78, 5) is 16.6. The highest BCUT2D eigenvalue weighted by Gasteiger charge is 2.41. The number of unbranched alkanes of at least 4 members (excludes halogenated alkanes) is 3. The SMILES string of the molecule is CCCCCCN1c2ccccc2Sc2cc(-c3ccc([Si](c4ccccc4)(c4ccccc4)c4ccc(/C=C(/C#N)C(=O)O)cc4)cc3)ccc21. The molecule has 0 amide bonds. The molecule has 52 heavy (non-hydrogen) atoms. The van der Waals surface area contributed by atoms with E-state index in [9.17, 15) is 15.2 Å². The monoisotopic (exact) mass is 712 g/mol. The number of hydrogen-bond acceptors (Lipinski definition) is 4. The van der Waals surface area contributed by atoms with Crippen LogP contribution in [-0.4, -0.2) is 25.7 Å². The van der Waals surface area contributed by atoms with Gasteiger partial charge in [0.15, 0.2) is 8.07 Å². The zero-order chi connectivity index (χ0) is 35.9. The van der Waals surface area contributed by atoms with Crippen molar-refractivity contribution in [2.24, 2.45) is 0 Å². The molecule has 0 saturated carbocycles. The standard InChI is InChI=1S/C46H40N2O2SSi/c1-2-3-4-13-30-48-42-18-11-12-19-44(42)51-45-32-36(24-29-43(45)48)35-22-27-41(28-23-35)52(38-14-7-5-8-15-38,39-16-9-6-10-17-39)40-25-20-34(21-26-40)31-37(33-47)46(49)50/h5-12,14-29,31-32H,2-4,13,30H2,1H3,(H,49,50)/b37-31-. The summed E-state index contributed by atoms with van der Waals surface area (Å²) in [5.41, 5.74) is 5.33. The Balaban J connectivity index is 1.30. The molecule has 0 unspecified atom stereocenters. The van der Waals surface area contributed by atoms with E-state index in [1.54, 1.807) is 6.07 Å². The third-order valence-electron chi connectivity index (χ3n) is 9.93. The van der Waals surface area contributed by atoms with Gasteiger partial charge in [-0.25, -0.2) is 4.79 Å². The van der Waals surface area contributed by atoms with Crippen LogP contribution in [-0.2, 0) is 4.79 Å². The smallest absolute Gasteiger partial charge is 0.346 e. The zero-order valence-electron chi connectivity index (χ0n) is 29.2. The van der Waals surface area contributed by atoms with E-state index in [0.717, 1.165) is 6.54 Å². The Morgan fingerprint density at radius 3 is 1.85 bits per heavy atom. The first-order chi connectivity index (χ1) is 25.5. The van der Waals surface area contributed by atoms with E-state index in [1.165, 1.54) is 84.8 Å². The van der Waals surface area contributed by atoms with Crippen molar-refractivity contribution >= 4 is 64.0 Å². The largest absolute Gasteiger partial charge is 0.477 e. The maximum Gasteiger partial charge on any atom is 0.346 e. The fourth-order valence-electron chi connectivity index (χ4n) is 7.38. The van der Waals surface area contributed by atoms with E-state index in [-0.39, 0.29) is 5.57 Å². The number of fused-ring (bicyclic) bond motifs is 2. The molecule has 7 rings (SSSR count). The molecule has 0 bridgehead atoms. The minimum Gasteiger partial charge on any atom is -0.477 e. The molecular formula is C46H40N2O2SSi. The Morgan fingerprint density at radius 2 is 1.23 bits per heavy atom. The van der Waals surface area contributed by atoms with Crippen LogP contribution in [0.15, 0.2) is 167 Å². The number of hydrogen-bond donors (Lipinski definition) is 1. The first kappa shape index (κ1) is 34.8. The van der Waals surface area contributed by atoms with Gasteiger partial charge in [-0.15, -0.1) is 0 Å². The lowest BCUT2D eigenvalue weighted by molar-refractivity contribution is -0.132. The predicted molar refractivity (Wildman–Crippen MR) is 218 cm³/mol. The number of rotatable bonds is 12. The van der Waals surface area contributed by atoms with Crippen LogP contribution in [0.3, 0.4) is 0 Å². The summed E-state index contributed by atoms with van der Waals surface area (Å²) in [7, 11) is -2.82. The molecule has 4 nitrogen and oxygen atoms in total. The number of benzene rings is 6. The van der Waals surface area contributed by atoms with Gasteiger partial charge in [0.1, 0.15) is 11.6 Å². The highest BCUT2D eigenvalue weighted by molar-refractivity contribution is 7.99. The molecular weight excluding hydrogens is 673 g/mol. The minimum absolute atomic E-state index is 0.289. The number of para-hydroxylation sites is 1. The van der Waals surface area contributed by atoms with E-state index >= 15 is 0 Å². The van der Waals surface area contributed by atoms with Gasteiger partial charge in [-0.3, -0.25) is 0 Å². The maximum absolute atomic E-state index is 11.6. The van der Waals surface area contributed by atoms with E-state index in [4.69, 9.17) is 0 Å². The summed E-state index contributed by atoms with van der Waals surface area (Å²) in [6.07, 6.45) is 6.34. The van der Waals surface area contributed by atoms with Crippen LogP contribution in [0.25, 0.3) is 17.2 Å². The van der Waals surface area contributed by atoms with Crippen molar-refractivity contribution in [3.63, 3.8) is 0 Å². The van der Waals surface area contributed by atoms with Crippen molar-refractivity contribution in [3.8, 4) is 17.2 Å². The molecule has 6 aromatic rings. The Kier molecular flexibility index (Phi) is 10.5. The molecule has 0 aromatic heterocycles. The molecule has 0 atom stereocenters. The van der Waals surface area contributed by atoms with E-state index in [2.05, 4.69) is 151 Å². The van der Waals surface area contributed by atoms with Crippen LogP contribution < -0.4 is 25.6 Å². The third-order valence-corrected chi connectivity index (χ3v) is 15.8. The summed E-state index contributed by atoms with van der Waals surface area (Å²) in [5.74, 6) is -1.23. The van der Waals surface area contributed by atoms with E-state index in [0.29, 0.717) is 5.56 Å². The van der Waals surface area contributed by atoms with Crippen molar-refractivity contribution in [2.75, 3.05) is 11.4 Å². The molecule has 0 aliphatic carbocycles. The Bertz CT molecular complexity index is 2210. The highest BCUT2D eigenvalue weighted by Crippen LogP contribution is 2.49. The topological polar surface area (TPSA) is 64.3 Å². The van der Waals surface area contributed by atoms with Gasteiger partial charge in [-0.05, 0) is 74.2 Å². The van der Waals surface area contributed by atoms with Crippen LogP contribution in [0, 0.1) is 11.3 Å². The highest BCUT2D eigenvalue weighted by atomic mass is 32.2. The van der Waals surface area contributed by atoms with Crippen LogP contribution in [0.2, 0.25) is 0 Å². The van der Waals surface area contributed by atoms with Crippen LogP contribution in [0.1, 0.15) is 38.2 Å². The van der Waals surface area contributed by atoms with Gasteiger partial charge < -0.3 is 10.0 Å². The molecule has 1 heterocycles. The number of nitriles is 1. The van der Waals surface area contributed by atoms with Gasteiger partial charge in [0.05, 0.1) is 11.4 Å². The molecule has 1 N–H and O–H groups in total. The quantitative estimate of drug-likeness (QED) is 0.0452. The summed E-state index contributed by atoms with van der Waals surface area (Å²) in [6.45, 7) is 3.27. The van der Waals surface area contributed by atoms with Gasteiger partial charge in [0.25, 0.3) is 0 Å². The second-order valence-corrected chi connectivity index (χ2v) is 18.0. The summed E-state index contributed by atoms with van der Waals surface area (Å²) in [6, 6.07) is 56.1. The summed E-state index contributed by atoms with van der Waals surface area (Å²) < 4.78 is 0. The van der Waals surface area contributed by atoms with E-state index in [1.807, 2.05) is 23.9 Å². The molecule has 0 saturated heterocycles. The Hall–Kier alpha value is -5.61. The zero-order valence-corrected chi connectivity index (χ0v) is 31.0. The average Bonchev–Trinajstić information content (AvgIpc) is 3.20. The normalized spacial score (nSPS) is 12.5. The van der Waals surface area contributed by atoms with Gasteiger partial charge in [-0.2, -0.15) is 5.26 Å². The van der Waals surface area contributed by atoms with Crippen LogP contribution in [0.5, 0.6) is 0 Å². The minimum atomic E-state index is -2.82. The van der Waals surface area contributed by atoms with Crippen molar-refractivity contribution < 1.29 is 9.90 Å². The first-order valence-electron chi connectivity index (χ1n) is 17.9. The average molecular weight is 713 g/mol. The van der Waals surface area contributed by atoms with Crippen molar-refractivity contribution in [1.82, 2.24) is 0 Å². The second-order valence-electron chi connectivity index (χ2n) is 13.1. The van der Waals surface area contributed by atoms with Crippen LogP contribution >= 0.6 is 11.8 Å². The van der Waals surface area contributed by atoms with Crippen LogP contribution in [0.4, 0.5) is 11.4 Å². The van der Waals surface area contributed by atoms with Gasteiger partial charge in [-0.1, -0.05) is 165 Å². The molecule has 6 aromatic carbocycles. The van der Waals surface area contributed by atoms with Crippen molar-refractivity contribution in [2.45, 2.75) is 42.4 Å². The maximum atomic E-state index is 11.6. The molecule has 1 aliphatic heterocycles. The molecule has 256 valence electrons. The number of nitrogens with zero attached hydrogens (tertiary/aromatic N) is 2. The number of aliphatic carboxylic acids is 1. The Morgan fingerprint density at radius 1 is 0.673 bits per heavy atom. The van der Waals surface area contributed by atoms with Crippen molar-refractivity contribution in [3.05, 3.63) is 163 Å². The van der Waals surface area contributed by atoms with Gasteiger partial charge in [0.2, 0.25) is 0 Å². The fraction of sp³-hybridized carbons (Fsp3) is 0.130.